The second-order valence-electron chi connectivity index (χ2n) is 6.16. The minimum atomic E-state index is -1.78. The zero-order valence-corrected chi connectivity index (χ0v) is 20.2. The molecule has 0 radical (unpaired) electrons. The van der Waals surface area contributed by atoms with Gasteiger partial charge in [-0.1, -0.05) is 54.6 Å². The average molecular weight is 585 g/mol. The van der Waals surface area contributed by atoms with Crippen LogP contribution in [0.1, 0.15) is 0 Å². The molecule has 0 saturated carbocycles. The van der Waals surface area contributed by atoms with Gasteiger partial charge in [-0.3, -0.25) is 0 Å². The molecule has 26 heavy (non-hydrogen) atoms. The molecule has 0 heterocycles. The van der Waals surface area contributed by atoms with Crippen LogP contribution in [0.5, 0.6) is 0 Å². The summed E-state index contributed by atoms with van der Waals surface area (Å²) in [5.74, 6) is 0. The van der Waals surface area contributed by atoms with Crippen LogP contribution in [-0.2, 0) is 22.4 Å². The maximum absolute atomic E-state index is 4.69. The predicted molar refractivity (Wildman–Crippen MR) is 115 cm³/mol. The molecular weight excluding hydrogens is 559 g/mol. The third-order valence-electron chi connectivity index (χ3n) is 3.59. The SMILES string of the molecule is CP(C)C.[Au+].[CH2-][P+](c1ccccc1)(c1ccccc1)c1ccccc1.[Cl-]. The molecular formula is C22H26AuClP2. The molecule has 0 saturated heterocycles. The van der Waals surface area contributed by atoms with Crippen molar-refractivity contribution in [2.45, 2.75) is 0 Å². The summed E-state index contributed by atoms with van der Waals surface area (Å²) in [6.07, 6.45) is 0. The summed E-state index contributed by atoms with van der Waals surface area (Å²) >= 11 is 0. The molecule has 0 spiro atoms. The van der Waals surface area contributed by atoms with Crippen molar-refractivity contribution in [1.29, 1.82) is 0 Å². The minimum absolute atomic E-state index is 0. The van der Waals surface area contributed by atoms with Gasteiger partial charge < -0.3 is 12.4 Å². The van der Waals surface area contributed by atoms with Crippen LogP contribution in [0.4, 0.5) is 0 Å². The first-order chi connectivity index (χ1) is 11.5. The van der Waals surface area contributed by atoms with Crippen LogP contribution in [0.3, 0.4) is 0 Å². The number of rotatable bonds is 3. The van der Waals surface area contributed by atoms with Crippen molar-refractivity contribution in [2.75, 3.05) is 20.0 Å². The van der Waals surface area contributed by atoms with Crippen LogP contribution in [0.2, 0.25) is 0 Å². The van der Waals surface area contributed by atoms with Crippen LogP contribution in [0, 0.1) is 6.66 Å². The standard InChI is InChI=1S/C19H17P.C3H9P.Au.ClH/c1-20(17-11-5-2-6-12-17,18-13-7-3-8-14-18)19-15-9-4-10-16-19;1-4(2)3;;/h2-16H,1H2;1-3H3;;1H/q;;+1;/p-1. The van der Waals surface area contributed by atoms with Crippen molar-refractivity contribution in [1.82, 2.24) is 0 Å². The fourth-order valence-electron chi connectivity index (χ4n) is 2.49. The summed E-state index contributed by atoms with van der Waals surface area (Å²) in [5, 5.41) is 3.95. The number of hydrogen-bond acceptors (Lipinski definition) is 0. The monoisotopic (exact) mass is 584 g/mol. The molecule has 0 fully saturated rings. The molecule has 0 aliphatic rings. The molecule has 0 nitrogen and oxygen atoms in total. The Morgan fingerprint density at radius 3 is 0.962 bits per heavy atom. The van der Waals surface area contributed by atoms with E-state index in [9.17, 15) is 0 Å². The number of hydrogen-bond donors (Lipinski definition) is 0. The van der Waals surface area contributed by atoms with E-state index in [1.807, 2.05) is 0 Å². The van der Waals surface area contributed by atoms with Crippen LogP contribution >= 0.6 is 15.2 Å². The fraction of sp³-hybridized carbons (Fsp3) is 0.136. The van der Waals surface area contributed by atoms with Gasteiger partial charge in [0.25, 0.3) is 0 Å². The number of halogens is 1. The van der Waals surface area contributed by atoms with E-state index in [1.165, 1.54) is 15.9 Å². The van der Waals surface area contributed by atoms with Gasteiger partial charge in [-0.15, -0.1) is 7.92 Å². The maximum Gasteiger partial charge on any atom is 1.00 e. The molecule has 0 atom stereocenters. The largest absolute Gasteiger partial charge is 1.00 e. The average Bonchev–Trinajstić information content (AvgIpc) is 2.63. The first-order valence-corrected chi connectivity index (χ1v) is 12.7. The topological polar surface area (TPSA) is 0 Å². The fourth-order valence-corrected chi connectivity index (χ4v) is 5.43. The van der Waals surface area contributed by atoms with Gasteiger partial charge >= 0.3 is 22.4 Å². The zero-order valence-electron chi connectivity index (χ0n) is 15.4. The van der Waals surface area contributed by atoms with Crippen molar-refractivity contribution in [2.24, 2.45) is 0 Å². The van der Waals surface area contributed by atoms with Crippen LogP contribution in [0.15, 0.2) is 91.0 Å². The summed E-state index contributed by atoms with van der Waals surface area (Å²) in [6, 6.07) is 31.9. The molecule has 0 aliphatic heterocycles. The Balaban J connectivity index is 0.000000951. The Bertz CT molecular complexity index is 619. The Labute approximate surface area is 182 Å². The first kappa shape index (κ1) is 25.6. The van der Waals surface area contributed by atoms with Crippen molar-refractivity contribution in [3.8, 4) is 0 Å². The normalized spacial score (nSPS) is 10.0. The first-order valence-electron chi connectivity index (χ1n) is 8.06. The van der Waals surface area contributed by atoms with Crippen molar-refractivity contribution in [3.05, 3.63) is 97.7 Å². The van der Waals surface area contributed by atoms with Gasteiger partial charge in [0.2, 0.25) is 0 Å². The van der Waals surface area contributed by atoms with Crippen molar-refractivity contribution >= 4 is 31.1 Å². The van der Waals surface area contributed by atoms with Gasteiger partial charge in [0, 0.05) is 0 Å². The van der Waals surface area contributed by atoms with E-state index in [2.05, 4.69) is 111 Å². The summed E-state index contributed by atoms with van der Waals surface area (Å²) in [7, 11) is -1.40. The van der Waals surface area contributed by atoms with Gasteiger partial charge in [0.1, 0.15) is 0 Å². The number of benzene rings is 3. The van der Waals surface area contributed by atoms with E-state index >= 15 is 0 Å². The van der Waals surface area contributed by atoms with Crippen LogP contribution in [0.25, 0.3) is 0 Å². The molecule has 0 aromatic heterocycles. The Kier molecular flexibility index (Phi) is 12.6. The summed E-state index contributed by atoms with van der Waals surface area (Å²) in [6.45, 7) is 11.4. The Morgan fingerprint density at radius 1 is 0.577 bits per heavy atom. The van der Waals surface area contributed by atoms with Crippen LogP contribution < -0.4 is 28.3 Å². The van der Waals surface area contributed by atoms with Gasteiger partial charge in [-0.25, -0.2) is 0 Å². The molecule has 142 valence electrons. The molecule has 0 bridgehead atoms. The quantitative estimate of drug-likeness (QED) is 0.252. The van der Waals surface area contributed by atoms with E-state index in [1.54, 1.807) is 0 Å². The second-order valence-corrected chi connectivity index (χ2v) is 12.0. The molecule has 3 aromatic carbocycles. The molecule has 3 rings (SSSR count). The molecule has 0 amide bonds. The summed E-state index contributed by atoms with van der Waals surface area (Å²) in [5.41, 5.74) is 0. The van der Waals surface area contributed by atoms with E-state index in [0.29, 0.717) is 7.92 Å². The van der Waals surface area contributed by atoms with Crippen molar-refractivity contribution in [3.63, 3.8) is 0 Å². The van der Waals surface area contributed by atoms with E-state index in [4.69, 9.17) is 6.66 Å². The second kappa shape index (κ2) is 12.9. The molecule has 0 N–H and O–H groups in total. The van der Waals surface area contributed by atoms with Crippen LogP contribution in [-0.4, -0.2) is 20.0 Å². The summed E-state index contributed by atoms with van der Waals surface area (Å²) in [4.78, 5) is 0. The Hall–Kier alpha value is -0.450. The smallest absolute Gasteiger partial charge is 1.00 e. The predicted octanol–water partition coefficient (Wildman–Crippen LogP) is 2.13. The minimum Gasteiger partial charge on any atom is -1.00 e. The maximum atomic E-state index is 4.69. The van der Waals surface area contributed by atoms with Gasteiger partial charge in [0.05, 0.1) is 15.9 Å². The molecule has 0 unspecified atom stereocenters. The Morgan fingerprint density at radius 2 is 0.769 bits per heavy atom. The van der Waals surface area contributed by atoms with Crippen molar-refractivity contribution < 1.29 is 34.8 Å². The molecule has 4 heteroatoms. The molecule has 0 aliphatic carbocycles. The third kappa shape index (κ3) is 6.94. The summed E-state index contributed by atoms with van der Waals surface area (Å²) < 4.78 is 0. The van der Waals surface area contributed by atoms with Gasteiger partial charge in [0.15, 0.2) is 0 Å². The van der Waals surface area contributed by atoms with E-state index < -0.39 is 7.26 Å². The van der Waals surface area contributed by atoms with Gasteiger partial charge in [-0.2, -0.15) is 6.66 Å². The van der Waals surface area contributed by atoms with Gasteiger partial charge in [-0.05, 0) is 63.7 Å². The molecule has 3 aromatic rings. The zero-order chi connectivity index (χ0) is 17.4. The van der Waals surface area contributed by atoms with E-state index in [-0.39, 0.29) is 34.8 Å². The third-order valence-corrected chi connectivity index (χ3v) is 7.13. The van der Waals surface area contributed by atoms with E-state index in [0.717, 1.165) is 0 Å².